The highest BCUT2D eigenvalue weighted by atomic mass is 127. The highest BCUT2D eigenvalue weighted by Crippen LogP contribution is 2.16. The quantitative estimate of drug-likeness (QED) is 0.254. The number of aromatic nitrogens is 2. The second-order valence-electron chi connectivity index (χ2n) is 6.73. The lowest BCUT2D eigenvalue weighted by Crippen LogP contribution is -2.55. The van der Waals surface area contributed by atoms with Crippen LogP contribution in [0.2, 0.25) is 0 Å². The maximum absolute atomic E-state index is 12.6. The van der Waals surface area contributed by atoms with Gasteiger partial charge >= 0.3 is 0 Å². The fraction of sp³-hybridized carbons (Fsp3) is 0.450. The molecule has 1 N–H and O–H groups in total. The number of halogens is 1. The Morgan fingerprint density at radius 2 is 2.00 bits per heavy atom. The number of aryl methyl sites for hydroxylation is 1. The third kappa shape index (κ3) is 6.33. The number of hydrogen-bond donors (Lipinski definition) is 1. The van der Waals surface area contributed by atoms with E-state index in [-0.39, 0.29) is 36.4 Å². The summed E-state index contributed by atoms with van der Waals surface area (Å²) < 4.78 is 12.3. The summed E-state index contributed by atoms with van der Waals surface area (Å²) in [7, 11) is 5.22. The fourth-order valence-corrected chi connectivity index (χ4v) is 3.13. The summed E-state index contributed by atoms with van der Waals surface area (Å²) in [4.78, 5) is 20.7. The second kappa shape index (κ2) is 11.7. The zero-order chi connectivity index (χ0) is 20.6. The van der Waals surface area contributed by atoms with Gasteiger partial charge in [-0.1, -0.05) is 12.1 Å². The maximum atomic E-state index is 12.6. The Morgan fingerprint density at radius 1 is 1.23 bits per heavy atom. The van der Waals surface area contributed by atoms with Crippen LogP contribution in [0.15, 0.2) is 41.7 Å². The van der Waals surface area contributed by atoms with Gasteiger partial charge in [-0.3, -0.25) is 14.5 Å². The Balaban J connectivity index is 0.00000320. The van der Waals surface area contributed by atoms with Crippen molar-refractivity contribution in [2.45, 2.75) is 6.54 Å². The topological polar surface area (TPSA) is 84.2 Å². The summed E-state index contributed by atoms with van der Waals surface area (Å²) in [6.07, 6.45) is 3.56. The van der Waals surface area contributed by atoms with Crippen LogP contribution in [-0.2, 0) is 23.1 Å². The highest BCUT2D eigenvalue weighted by molar-refractivity contribution is 14.0. The minimum Gasteiger partial charge on any atom is -0.491 e. The Morgan fingerprint density at radius 3 is 2.60 bits per heavy atom. The molecule has 3 rings (SSSR count). The largest absolute Gasteiger partial charge is 0.491 e. The van der Waals surface area contributed by atoms with Crippen LogP contribution in [0.3, 0.4) is 0 Å². The Bertz CT molecular complexity index is 839. The maximum Gasteiger partial charge on any atom is 0.246 e. The number of guanidine groups is 1. The summed E-state index contributed by atoms with van der Waals surface area (Å²) in [5, 5.41) is 7.48. The molecular weight excluding hydrogens is 499 g/mol. The molecule has 1 aliphatic rings. The van der Waals surface area contributed by atoms with E-state index in [2.05, 4.69) is 15.4 Å². The number of nitrogens with zero attached hydrogens (tertiary/aromatic N) is 5. The molecule has 1 saturated heterocycles. The number of carbonyl (C=O) groups is 1. The highest BCUT2D eigenvalue weighted by Gasteiger charge is 2.27. The Hall–Kier alpha value is -2.34. The summed E-state index contributed by atoms with van der Waals surface area (Å²) in [5.74, 6) is 1.56. The first-order valence-corrected chi connectivity index (χ1v) is 9.56. The van der Waals surface area contributed by atoms with Crippen LogP contribution < -0.4 is 15.0 Å². The molecule has 2 heterocycles. The average molecular weight is 528 g/mol. The zero-order valence-corrected chi connectivity index (χ0v) is 19.9. The number of hydrogen-bond acceptors (Lipinski definition) is 5. The fourth-order valence-electron chi connectivity index (χ4n) is 3.13. The number of benzene rings is 1. The standard InChI is InChI=1S/C20H28N6O3.HI/c1-21-20(22-12-16-4-6-18(7-5-16)29-11-10-28-3)25-8-9-26(19(27)15-25)17-13-23-24(2)14-17;/h4-7,13-14H,8-12,15H2,1-3H3,(H,21,22);1H. The molecule has 9 nitrogen and oxygen atoms in total. The molecule has 0 spiro atoms. The van der Waals surface area contributed by atoms with Crippen LogP contribution in [0.5, 0.6) is 5.75 Å². The Labute approximate surface area is 194 Å². The summed E-state index contributed by atoms with van der Waals surface area (Å²) >= 11 is 0. The first-order valence-electron chi connectivity index (χ1n) is 9.56. The molecule has 0 radical (unpaired) electrons. The predicted octanol–water partition coefficient (Wildman–Crippen LogP) is 1.49. The molecule has 10 heteroatoms. The van der Waals surface area contributed by atoms with Gasteiger partial charge in [-0.2, -0.15) is 5.10 Å². The lowest BCUT2D eigenvalue weighted by atomic mass is 10.2. The van der Waals surface area contributed by atoms with E-state index in [1.807, 2.05) is 42.4 Å². The van der Waals surface area contributed by atoms with Crippen molar-refractivity contribution < 1.29 is 14.3 Å². The molecule has 1 aromatic heterocycles. The van der Waals surface area contributed by atoms with E-state index < -0.39 is 0 Å². The molecule has 30 heavy (non-hydrogen) atoms. The number of methoxy groups -OCH3 is 1. The van der Waals surface area contributed by atoms with Crippen molar-refractivity contribution in [3.05, 3.63) is 42.2 Å². The first kappa shape index (κ1) is 23.9. The number of anilines is 1. The molecule has 0 bridgehead atoms. The van der Waals surface area contributed by atoms with E-state index in [4.69, 9.17) is 9.47 Å². The number of amides is 1. The Kier molecular flexibility index (Phi) is 9.37. The SMILES string of the molecule is CN=C(NCc1ccc(OCCOC)cc1)N1CCN(c2cnn(C)c2)C(=O)C1.I. The molecule has 1 aliphatic heterocycles. The third-order valence-electron chi connectivity index (χ3n) is 4.67. The lowest BCUT2D eigenvalue weighted by Gasteiger charge is -2.35. The van der Waals surface area contributed by atoms with E-state index in [0.717, 1.165) is 17.0 Å². The molecule has 2 aromatic rings. The van der Waals surface area contributed by atoms with Gasteiger partial charge in [0.25, 0.3) is 0 Å². The molecule has 1 fully saturated rings. The minimum absolute atomic E-state index is 0. The summed E-state index contributed by atoms with van der Waals surface area (Å²) in [6, 6.07) is 7.89. The van der Waals surface area contributed by atoms with Crippen molar-refractivity contribution >= 4 is 41.5 Å². The molecule has 164 valence electrons. The van der Waals surface area contributed by atoms with E-state index in [0.29, 0.717) is 38.8 Å². The van der Waals surface area contributed by atoms with Gasteiger partial charge in [0.15, 0.2) is 5.96 Å². The smallest absolute Gasteiger partial charge is 0.246 e. The van der Waals surface area contributed by atoms with Gasteiger partial charge < -0.3 is 24.6 Å². The van der Waals surface area contributed by atoms with Crippen molar-refractivity contribution in [3.8, 4) is 5.75 Å². The van der Waals surface area contributed by atoms with Crippen molar-refractivity contribution in [2.75, 3.05) is 51.9 Å². The number of ether oxygens (including phenoxy) is 2. The van der Waals surface area contributed by atoms with Crippen LogP contribution in [0.1, 0.15) is 5.56 Å². The number of piperazine rings is 1. The van der Waals surface area contributed by atoms with Crippen LogP contribution in [-0.4, -0.2) is 73.6 Å². The van der Waals surface area contributed by atoms with Crippen LogP contribution >= 0.6 is 24.0 Å². The summed E-state index contributed by atoms with van der Waals surface area (Å²) in [6.45, 7) is 3.28. The van der Waals surface area contributed by atoms with Crippen LogP contribution in [0.4, 0.5) is 5.69 Å². The first-order chi connectivity index (χ1) is 14.1. The molecule has 1 amide bonds. The molecule has 0 aliphatic carbocycles. The monoisotopic (exact) mass is 528 g/mol. The zero-order valence-electron chi connectivity index (χ0n) is 17.6. The van der Waals surface area contributed by atoms with Gasteiger partial charge in [-0.05, 0) is 17.7 Å². The predicted molar refractivity (Wildman–Crippen MR) is 127 cm³/mol. The van der Waals surface area contributed by atoms with E-state index >= 15 is 0 Å². The number of nitrogens with one attached hydrogen (secondary N) is 1. The number of carbonyl (C=O) groups excluding carboxylic acids is 1. The average Bonchev–Trinajstić information content (AvgIpc) is 3.16. The van der Waals surface area contributed by atoms with Crippen molar-refractivity contribution in [1.29, 1.82) is 0 Å². The normalized spacial score (nSPS) is 14.5. The number of rotatable bonds is 7. The third-order valence-corrected chi connectivity index (χ3v) is 4.67. The molecule has 0 saturated carbocycles. The van der Waals surface area contributed by atoms with Crippen molar-refractivity contribution in [2.24, 2.45) is 12.0 Å². The van der Waals surface area contributed by atoms with Gasteiger partial charge in [0.1, 0.15) is 18.9 Å². The van der Waals surface area contributed by atoms with Crippen molar-refractivity contribution in [3.63, 3.8) is 0 Å². The molecule has 1 aromatic carbocycles. The van der Waals surface area contributed by atoms with Crippen LogP contribution in [0.25, 0.3) is 0 Å². The van der Waals surface area contributed by atoms with E-state index in [1.54, 1.807) is 29.9 Å². The van der Waals surface area contributed by atoms with Crippen molar-refractivity contribution in [1.82, 2.24) is 20.0 Å². The van der Waals surface area contributed by atoms with E-state index in [1.165, 1.54) is 0 Å². The van der Waals surface area contributed by atoms with E-state index in [9.17, 15) is 4.79 Å². The van der Waals surface area contributed by atoms with Gasteiger partial charge in [0.2, 0.25) is 5.91 Å². The lowest BCUT2D eigenvalue weighted by molar-refractivity contribution is -0.120. The van der Waals surface area contributed by atoms with Crippen LogP contribution in [0, 0.1) is 0 Å². The summed E-state index contributed by atoms with van der Waals surface area (Å²) in [5.41, 5.74) is 1.93. The van der Waals surface area contributed by atoms with Gasteiger partial charge in [0, 0.05) is 47.0 Å². The molecular formula is C20H29IN6O3. The van der Waals surface area contributed by atoms with Gasteiger partial charge in [-0.15, -0.1) is 24.0 Å². The molecule has 0 atom stereocenters. The van der Waals surface area contributed by atoms with Gasteiger partial charge in [-0.25, -0.2) is 0 Å². The molecule has 0 unspecified atom stereocenters. The van der Waals surface area contributed by atoms with Gasteiger partial charge in [0.05, 0.1) is 18.5 Å². The number of aliphatic imine (C=N–C) groups is 1. The second-order valence-corrected chi connectivity index (χ2v) is 6.73. The minimum atomic E-state index is 0.